The largest absolute Gasteiger partial charge is 0.496 e. The summed E-state index contributed by atoms with van der Waals surface area (Å²) in [5.41, 5.74) is 9.37. The van der Waals surface area contributed by atoms with Gasteiger partial charge in [-0.1, -0.05) is 26.0 Å². The van der Waals surface area contributed by atoms with Gasteiger partial charge in [0.1, 0.15) is 5.75 Å². The van der Waals surface area contributed by atoms with Crippen LogP contribution in [0, 0.1) is 6.92 Å². The van der Waals surface area contributed by atoms with Crippen molar-refractivity contribution in [2.24, 2.45) is 5.73 Å². The Morgan fingerprint density at radius 2 is 1.81 bits per heavy atom. The van der Waals surface area contributed by atoms with Crippen molar-refractivity contribution in [3.8, 4) is 5.75 Å². The molecular weight excluding hydrogens is 198 g/mol. The van der Waals surface area contributed by atoms with Gasteiger partial charge in [0.2, 0.25) is 0 Å². The van der Waals surface area contributed by atoms with Crippen LogP contribution in [-0.2, 0) is 5.54 Å². The first-order chi connectivity index (χ1) is 7.29. The first-order valence-corrected chi connectivity index (χ1v) is 5.76. The van der Waals surface area contributed by atoms with Crippen LogP contribution < -0.4 is 10.5 Å². The van der Waals surface area contributed by atoms with Gasteiger partial charge >= 0.3 is 0 Å². The number of hydrogen-bond donors (Lipinski definition) is 1. The molecule has 0 atom stereocenters. The van der Waals surface area contributed by atoms with Crippen molar-refractivity contribution in [1.29, 1.82) is 0 Å². The van der Waals surface area contributed by atoms with E-state index in [1.54, 1.807) is 7.11 Å². The van der Waals surface area contributed by atoms with E-state index in [2.05, 4.69) is 32.9 Å². The second-order valence-electron chi connectivity index (χ2n) is 5.26. The number of aryl methyl sites for hydroxylation is 1. The molecule has 0 spiro atoms. The highest BCUT2D eigenvalue weighted by Gasteiger charge is 2.24. The zero-order valence-corrected chi connectivity index (χ0v) is 11.2. The maximum Gasteiger partial charge on any atom is 0.127 e. The standard InChI is InChI=1S/C14H23NO/c1-9(2)11-8-7-10(3)12(13(11)16-6)14(4,5)15/h7-9H,15H2,1-6H3. The molecule has 0 aliphatic heterocycles. The number of hydrogen-bond acceptors (Lipinski definition) is 2. The molecule has 1 aromatic rings. The number of benzene rings is 1. The molecule has 0 aliphatic rings. The Balaban J connectivity index is 3.51. The summed E-state index contributed by atoms with van der Waals surface area (Å²) in [6.45, 7) is 10.4. The molecule has 1 aromatic carbocycles. The highest BCUT2D eigenvalue weighted by Crippen LogP contribution is 2.37. The average Bonchev–Trinajstić information content (AvgIpc) is 2.14. The van der Waals surface area contributed by atoms with Gasteiger partial charge in [-0.25, -0.2) is 0 Å². The molecular formula is C14H23NO. The van der Waals surface area contributed by atoms with Gasteiger partial charge in [0.25, 0.3) is 0 Å². The van der Waals surface area contributed by atoms with Crippen molar-refractivity contribution in [3.05, 3.63) is 28.8 Å². The topological polar surface area (TPSA) is 35.2 Å². The third kappa shape index (κ3) is 2.38. The van der Waals surface area contributed by atoms with Gasteiger partial charge < -0.3 is 10.5 Å². The van der Waals surface area contributed by atoms with E-state index in [-0.39, 0.29) is 5.54 Å². The van der Waals surface area contributed by atoms with Crippen LogP contribution in [0.25, 0.3) is 0 Å². The average molecular weight is 221 g/mol. The Labute approximate surface area is 98.8 Å². The number of rotatable bonds is 3. The molecule has 16 heavy (non-hydrogen) atoms. The number of nitrogens with two attached hydrogens (primary N) is 1. The van der Waals surface area contributed by atoms with E-state index in [9.17, 15) is 0 Å². The molecule has 0 heterocycles. The van der Waals surface area contributed by atoms with Crippen LogP contribution in [0.5, 0.6) is 5.75 Å². The van der Waals surface area contributed by atoms with Crippen LogP contribution in [0.4, 0.5) is 0 Å². The fraction of sp³-hybridized carbons (Fsp3) is 0.571. The van der Waals surface area contributed by atoms with Crippen LogP contribution in [-0.4, -0.2) is 7.11 Å². The first kappa shape index (κ1) is 13.0. The molecule has 2 nitrogen and oxygen atoms in total. The lowest BCUT2D eigenvalue weighted by molar-refractivity contribution is 0.386. The van der Waals surface area contributed by atoms with Crippen molar-refractivity contribution in [3.63, 3.8) is 0 Å². The fourth-order valence-electron chi connectivity index (χ4n) is 2.17. The molecule has 0 saturated heterocycles. The molecule has 0 amide bonds. The molecule has 2 heteroatoms. The van der Waals surface area contributed by atoms with E-state index in [4.69, 9.17) is 10.5 Å². The highest BCUT2D eigenvalue weighted by molar-refractivity contribution is 5.50. The third-order valence-corrected chi connectivity index (χ3v) is 2.87. The summed E-state index contributed by atoms with van der Waals surface area (Å²) in [5, 5.41) is 0. The molecule has 0 unspecified atom stereocenters. The van der Waals surface area contributed by atoms with Crippen LogP contribution >= 0.6 is 0 Å². The fourth-order valence-corrected chi connectivity index (χ4v) is 2.17. The minimum atomic E-state index is -0.375. The molecule has 0 saturated carbocycles. The zero-order valence-electron chi connectivity index (χ0n) is 11.2. The Morgan fingerprint density at radius 3 is 2.19 bits per heavy atom. The second-order valence-corrected chi connectivity index (χ2v) is 5.26. The highest BCUT2D eigenvalue weighted by atomic mass is 16.5. The Morgan fingerprint density at radius 1 is 1.25 bits per heavy atom. The Kier molecular flexibility index (Phi) is 3.64. The predicted molar refractivity (Wildman–Crippen MR) is 69.0 cm³/mol. The molecule has 0 aliphatic carbocycles. The summed E-state index contributed by atoms with van der Waals surface area (Å²) in [5.74, 6) is 1.39. The van der Waals surface area contributed by atoms with E-state index in [1.165, 1.54) is 11.1 Å². The molecule has 0 aromatic heterocycles. The summed E-state index contributed by atoms with van der Waals surface area (Å²) in [6.07, 6.45) is 0. The van der Waals surface area contributed by atoms with Gasteiger partial charge in [-0.15, -0.1) is 0 Å². The van der Waals surface area contributed by atoms with Gasteiger partial charge in [0.15, 0.2) is 0 Å². The molecule has 90 valence electrons. The van der Waals surface area contributed by atoms with Gasteiger partial charge in [-0.05, 0) is 37.8 Å². The normalized spacial score (nSPS) is 12.0. The van der Waals surface area contributed by atoms with E-state index >= 15 is 0 Å². The minimum Gasteiger partial charge on any atom is -0.496 e. The molecule has 2 N–H and O–H groups in total. The minimum absolute atomic E-state index is 0.375. The number of methoxy groups -OCH3 is 1. The van der Waals surface area contributed by atoms with Crippen molar-refractivity contribution in [2.75, 3.05) is 7.11 Å². The lowest BCUT2D eigenvalue weighted by Crippen LogP contribution is -2.30. The van der Waals surface area contributed by atoms with Gasteiger partial charge in [0, 0.05) is 11.1 Å². The van der Waals surface area contributed by atoms with E-state index in [1.807, 2.05) is 13.8 Å². The third-order valence-electron chi connectivity index (χ3n) is 2.87. The monoisotopic (exact) mass is 221 g/mol. The van der Waals surface area contributed by atoms with Gasteiger partial charge in [-0.3, -0.25) is 0 Å². The van der Waals surface area contributed by atoms with E-state index < -0.39 is 0 Å². The van der Waals surface area contributed by atoms with E-state index in [0.29, 0.717) is 5.92 Å². The lowest BCUT2D eigenvalue weighted by atomic mass is 9.86. The Bertz CT molecular complexity index is 375. The molecule has 0 radical (unpaired) electrons. The van der Waals surface area contributed by atoms with E-state index in [0.717, 1.165) is 11.3 Å². The Hall–Kier alpha value is -1.02. The summed E-state index contributed by atoms with van der Waals surface area (Å²) in [4.78, 5) is 0. The van der Waals surface area contributed by atoms with Crippen LogP contribution in [0.1, 0.15) is 50.3 Å². The summed E-state index contributed by atoms with van der Waals surface area (Å²) in [7, 11) is 1.72. The summed E-state index contributed by atoms with van der Waals surface area (Å²) < 4.78 is 5.57. The second kappa shape index (κ2) is 4.46. The lowest BCUT2D eigenvalue weighted by Gasteiger charge is -2.27. The van der Waals surface area contributed by atoms with Crippen LogP contribution in [0.15, 0.2) is 12.1 Å². The molecule has 1 rings (SSSR count). The van der Waals surface area contributed by atoms with Crippen molar-refractivity contribution in [1.82, 2.24) is 0 Å². The van der Waals surface area contributed by atoms with Gasteiger partial charge in [0.05, 0.1) is 7.11 Å². The zero-order chi connectivity index (χ0) is 12.5. The van der Waals surface area contributed by atoms with Crippen LogP contribution in [0.2, 0.25) is 0 Å². The first-order valence-electron chi connectivity index (χ1n) is 5.76. The predicted octanol–water partition coefficient (Wildman–Crippen LogP) is 3.32. The maximum atomic E-state index is 6.22. The summed E-state index contributed by atoms with van der Waals surface area (Å²) in [6, 6.07) is 4.26. The van der Waals surface area contributed by atoms with Crippen molar-refractivity contribution in [2.45, 2.75) is 46.1 Å². The maximum absolute atomic E-state index is 6.22. The molecule has 0 bridgehead atoms. The quantitative estimate of drug-likeness (QED) is 0.849. The van der Waals surface area contributed by atoms with Crippen molar-refractivity contribution >= 4 is 0 Å². The van der Waals surface area contributed by atoms with Crippen LogP contribution in [0.3, 0.4) is 0 Å². The van der Waals surface area contributed by atoms with Gasteiger partial charge in [-0.2, -0.15) is 0 Å². The number of ether oxygens (including phenoxy) is 1. The van der Waals surface area contributed by atoms with Crippen molar-refractivity contribution < 1.29 is 4.74 Å². The SMILES string of the molecule is COc1c(C(C)C)ccc(C)c1C(C)(C)N. The smallest absolute Gasteiger partial charge is 0.127 e. The molecule has 0 fully saturated rings. The summed E-state index contributed by atoms with van der Waals surface area (Å²) >= 11 is 0.